The summed E-state index contributed by atoms with van der Waals surface area (Å²) >= 11 is 0. The fraction of sp³-hybridized carbons (Fsp3) is 0.357. The van der Waals surface area contributed by atoms with Crippen molar-refractivity contribution in [1.82, 2.24) is 20.5 Å². The molecule has 7 heteroatoms. The van der Waals surface area contributed by atoms with Crippen LogP contribution >= 0.6 is 0 Å². The summed E-state index contributed by atoms with van der Waals surface area (Å²) in [7, 11) is 0. The Balaban J connectivity index is 1.80. The Hall–Kier alpha value is -2.25. The number of carbonyl (C=O) groups excluding carboxylic acids is 1. The van der Waals surface area contributed by atoms with E-state index in [1.807, 2.05) is 31.2 Å². The van der Waals surface area contributed by atoms with Crippen molar-refractivity contribution in [2.45, 2.75) is 13.0 Å². The predicted molar refractivity (Wildman–Crippen MR) is 77.8 cm³/mol. The lowest BCUT2D eigenvalue weighted by atomic mass is 10.1. The van der Waals surface area contributed by atoms with Crippen molar-refractivity contribution in [1.29, 1.82) is 0 Å². The van der Waals surface area contributed by atoms with Crippen LogP contribution in [0.25, 0.3) is 11.4 Å². The summed E-state index contributed by atoms with van der Waals surface area (Å²) in [4.78, 5) is 16.5. The van der Waals surface area contributed by atoms with E-state index in [0.29, 0.717) is 24.7 Å². The Labute approximate surface area is 122 Å². The number of carbonyl (C=O) groups is 1. The molecular formula is C14H17N5O2. The predicted octanol–water partition coefficient (Wildman–Crippen LogP) is 0.707. The third-order valence-electron chi connectivity index (χ3n) is 3.24. The molecule has 0 aliphatic carbocycles. The molecule has 2 aromatic rings. The number of morpholine rings is 1. The molecule has 0 bridgehead atoms. The molecule has 1 saturated heterocycles. The molecule has 7 nitrogen and oxygen atoms in total. The molecule has 110 valence electrons. The summed E-state index contributed by atoms with van der Waals surface area (Å²) in [6.07, 6.45) is -0.472. The molecule has 2 heterocycles. The molecule has 0 saturated carbocycles. The second-order valence-corrected chi connectivity index (χ2v) is 4.84. The molecule has 1 aromatic carbocycles. The first-order valence-corrected chi connectivity index (χ1v) is 6.85. The van der Waals surface area contributed by atoms with Crippen LogP contribution in [0.3, 0.4) is 0 Å². The van der Waals surface area contributed by atoms with Gasteiger partial charge in [0.25, 0.3) is 5.91 Å². The number of nitrogens with zero attached hydrogens (tertiary/aromatic N) is 2. The number of aromatic amines is 1. The first kappa shape index (κ1) is 13.7. The minimum Gasteiger partial charge on any atom is -0.366 e. The smallest absolute Gasteiger partial charge is 0.254 e. The molecule has 1 fully saturated rings. The molecule has 0 spiro atoms. The van der Waals surface area contributed by atoms with Gasteiger partial charge < -0.3 is 15.4 Å². The molecule has 1 aliphatic rings. The van der Waals surface area contributed by atoms with Crippen molar-refractivity contribution < 1.29 is 9.53 Å². The maximum atomic E-state index is 12.2. The third-order valence-corrected chi connectivity index (χ3v) is 3.24. The van der Waals surface area contributed by atoms with E-state index in [4.69, 9.17) is 4.74 Å². The van der Waals surface area contributed by atoms with Crippen LogP contribution in [0.2, 0.25) is 0 Å². The first-order valence-electron chi connectivity index (χ1n) is 6.85. The number of aromatic nitrogens is 3. The van der Waals surface area contributed by atoms with Crippen molar-refractivity contribution in [2.75, 3.05) is 25.0 Å². The topological polar surface area (TPSA) is 91.9 Å². The van der Waals surface area contributed by atoms with Crippen LogP contribution in [0.5, 0.6) is 0 Å². The number of ether oxygens (including phenoxy) is 1. The number of aryl methyl sites for hydroxylation is 1. The van der Waals surface area contributed by atoms with E-state index < -0.39 is 6.10 Å². The van der Waals surface area contributed by atoms with Gasteiger partial charge in [-0.1, -0.05) is 12.1 Å². The molecular weight excluding hydrogens is 270 g/mol. The van der Waals surface area contributed by atoms with Gasteiger partial charge in [-0.2, -0.15) is 5.10 Å². The number of hydrogen-bond acceptors (Lipinski definition) is 5. The largest absolute Gasteiger partial charge is 0.366 e. The summed E-state index contributed by atoms with van der Waals surface area (Å²) in [6, 6.07) is 7.45. The number of hydrogen-bond donors (Lipinski definition) is 3. The standard InChI is InChI=1S/C14H17N5O2/c1-9-16-13(19-18-9)10-4-2-3-5-11(10)17-14(20)12-8-15-6-7-21-12/h2-5,12,15H,6-8H2,1H3,(H,17,20)(H,16,18,19). The molecule has 1 aliphatic heterocycles. The average molecular weight is 287 g/mol. The molecule has 21 heavy (non-hydrogen) atoms. The summed E-state index contributed by atoms with van der Waals surface area (Å²) in [6.45, 7) is 3.67. The van der Waals surface area contributed by atoms with E-state index in [2.05, 4.69) is 25.8 Å². The Morgan fingerprint density at radius 2 is 2.29 bits per heavy atom. The Kier molecular flexibility index (Phi) is 3.94. The highest BCUT2D eigenvalue weighted by Crippen LogP contribution is 2.25. The van der Waals surface area contributed by atoms with Gasteiger partial charge in [0.1, 0.15) is 11.9 Å². The van der Waals surface area contributed by atoms with E-state index in [1.54, 1.807) is 0 Å². The monoisotopic (exact) mass is 287 g/mol. The summed E-state index contributed by atoms with van der Waals surface area (Å²) in [5.74, 6) is 1.12. The van der Waals surface area contributed by atoms with Crippen LogP contribution in [0.4, 0.5) is 5.69 Å². The zero-order valence-corrected chi connectivity index (χ0v) is 11.7. The molecule has 1 aromatic heterocycles. The van der Waals surface area contributed by atoms with Crippen molar-refractivity contribution in [3.8, 4) is 11.4 Å². The molecule has 1 unspecified atom stereocenters. The Bertz CT molecular complexity index is 634. The van der Waals surface area contributed by atoms with Gasteiger partial charge in [-0.15, -0.1) is 0 Å². The lowest BCUT2D eigenvalue weighted by Crippen LogP contribution is -2.45. The van der Waals surface area contributed by atoms with Gasteiger partial charge in [0, 0.05) is 18.7 Å². The number of benzene rings is 1. The van der Waals surface area contributed by atoms with E-state index in [-0.39, 0.29) is 5.91 Å². The molecule has 3 rings (SSSR count). The Morgan fingerprint density at radius 3 is 3.00 bits per heavy atom. The number of para-hydroxylation sites is 1. The van der Waals surface area contributed by atoms with Crippen LogP contribution in [0.1, 0.15) is 5.82 Å². The van der Waals surface area contributed by atoms with Gasteiger partial charge in [0.2, 0.25) is 0 Å². The summed E-state index contributed by atoms with van der Waals surface area (Å²) < 4.78 is 5.45. The van der Waals surface area contributed by atoms with E-state index in [0.717, 1.165) is 17.9 Å². The van der Waals surface area contributed by atoms with Crippen molar-refractivity contribution in [2.24, 2.45) is 0 Å². The second-order valence-electron chi connectivity index (χ2n) is 4.84. The number of rotatable bonds is 3. The first-order chi connectivity index (χ1) is 10.2. The maximum Gasteiger partial charge on any atom is 0.254 e. The lowest BCUT2D eigenvalue weighted by Gasteiger charge is -2.23. The minimum atomic E-state index is -0.472. The quantitative estimate of drug-likeness (QED) is 0.773. The molecule has 1 atom stereocenters. The zero-order valence-electron chi connectivity index (χ0n) is 11.7. The lowest BCUT2D eigenvalue weighted by molar-refractivity contribution is -0.128. The number of H-pyrrole nitrogens is 1. The van der Waals surface area contributed by atoms with Crippen LogP contribution in [-0.2, 0) is 9.53 Å². The zero-order chi connectivity index (χ0) is 14.7. The van der Waals surface area contributed by atoms with Crippen LogP contribution in [-0.4, -0.2) is 46.9 Å². The van der Waals surface area contributed by atoms with Gasteiger partial charge in [-0.25, -0.2) is 4.98 Å². The van der Waals surface area contributed by atoms with Crippen LogP contribution in [0, 0.1) is 6.92 Å². The number of anilines is 1. The van der Waals surface area contributed by atoms with E-state index in [9.17, 15) is 4.79 Å². The van der Waals surface area contributed by atoms with E-state index >= 15 is 0 Å². The highest BCUT2D eigenvalue weighted by atomic mass is 16.5. The maximum absolute atomic E-state index is 12.2. The van der Waals surface area contributed by atoms with Crippen molar-refractivity contribution in [3.63, 3.8) is 0 Å². The highest BCUT2D eigenvalue weighted by molar-refractivity contribution is 5.97. The highest BCUT2D eigenvalue weighted by Gasteiger charge is 2.22. The summed E-state index contributed by atoms with van der Waals surface area (Å²) in [5, 5.41) is 13.0. The fourth-order valence-corrected chi connectivity index (χ4v) is 2.20. The van der Waals surface area contributed by atoms with Crippen molar-refractivity contribution in [3.05, 3.63) is 30.1 Å². The number of nitrogens with one attached hydrogen (secondary N) is 3. The van der Waals surface area contributed by atoms with Gasteiger partial charge >= 0.3 is 0 Å². The SMILES string of the molecule is Cc1nc(-c2ccccc2NC(=O)C2CNCCO2)n[nH]1. The normalized spacial score (nSPS) is 18.4. The van der Waals surface area contributed by atoms with E-state index in [1.165, 1.54) is 0 Å². The van der Waals surface area contributed by atoms with Crippen LogP contribution < -0.4 is 10.6 Å². The minimum absolute atomic E-state index is 0.165. The van der Waals surface area contributed by atoms with Gasteiger partial charge in [0.05, 0.1) is 12.3 Å². The van der Waals surface area contributed by atoms with Crippen molar-refractivity contribution >= 4 is 11.6 Å². The molecule has 0 radical (unpaired) electrons. The average Bonchev–Trinajstić information content (AvgIpc) is 2.95. The van der Waals surface area contributed by atoms with Crippen LogP contribution in [0.15, 0.2) is 24.3 Å². The van der Waals surface area contributed by atoms with Gasteiger partial charge in [0.15, 0.2) is 5.82 Å². The molecule has 3 N–H and O–H groups in total. The van der Waals surface area contributed by atoms with Gasteiger partial charge in [-0.3, -0.25) is 9.89 Å². The molecule has 1 amide bonds. The Morgan fingerprint density at radius 1 is 1.43 bits per heavy atom. The summed E-state index contributed by atoms with van der Waals surface area (Å²) in [5.41, 5.74) is 1.45. The number of amides is 1. The third kappa shape index (κ3) is 3.09. The second kappa shape index (κ2) is 6.02. The van der Waals surface area contributed by atoms with Gasteiger partial charge in [-0.05, 0) is 19.1 Å². The fourth-order valence-electron chi connectivity index (χ4n) is 2.20.